The van der Waals surface area contributed by atoms with Gasteiger partial charge >= 0.3 is 0 Å². The van der Waals surface area contributed by atoms with Crippen LogP contribution in [0.3, 0.4) is 0 Å². The van der Waals surface area contributed by atoms with Crippen molar-refractivity contribution in [3.63, 3.8) is 0 Å². The molecule has 66 valence electrons. The third-order valence-corrected chi connectivity index (χ3v) is 1.91. The summed E-state index contributed by atoms with van der Waals surface area (Å²) in [5.41, 5.74) is 1.93. The monoisotopic (exact) mass is 154 g/mol. The summed E-state index contributed by atoms with van der Waals surface area (Å²) in [7, 11) is 0. The Kier molecular flexibility index (Phi) is 3.85. The molecule has 0 rings (SSSR count). The largest absolute Gasteiger partial charge is 0.0848 e. The van der Waals surface area contributed by atoms with Gasteiger partial charge in [-0.15, -0.1) is 0 Å². The third-order valence-electron chi connectivity index (χ3n) is 1.91. The van der Waals surface area contributed by atoms with Crippen LogP contribution in [0.15, 0.2) is 11.6 Å². The lowest BCUT2D eigenvalue weighted by Crippen LogP contribution is -2.14. The molecule has 11 heavy (non-hydrogen) atoms. The lowest BCUT2D eigenvalue weighted by molar-refractivity contribution is 0.446. The maximum atomic E-state index is 2.37. The summed E-state index contributed by atoms with van der Waals surface area (Å²) in [6, 6.07) is 0. The Morgan fingerprint density at radius 1 is 1.27 bits per heavy atom. The van der Waals surface area contributed by atoms with Gasteiger partial charge < -0.3 is 0 Å². The second kappa shape index (κ2) is 3.94. The highest BCUT2D eigenvalue weighted by Crippen LogP contribution is 2.31. The van der Waals surface area contributed by atoms with E-state index < -0.39 is 0 Å². The average molecular weight is 154 g/mol. The fourth-order valence-electron chi connectivity index (χ4n) is 1.63. The molecule has 0 aromatic rings. The van der Waals surface area contributed by atoms with Gasteiger partial charge in [-0.1, -0.05) is 53.2 Å². The Morgan fingerprint density at radius 2 is 1.73 bits per heavy atom. The molecule has 0 aliphatic heterocycles. The van der Waals surface area contributed by atoms with E-state index in [0.29, 0.717) is 11.3 Å². The molecule has 0 saturated heterocycles. The Hall–Kier alpha value is -0.260. The van der Waals surface area contributed by atoms with Crippen LogP contribution in [0.2, 0.25) is 0 Å². The molecule has 0 fully saturated rings. The van der Waals surface area contributed by atoms with Gasteiger partial charge in [-0.2, -0.15) is 0 Å². The van der Waals surface area contributed by atoms with E-state index in [1.54, 1.807) is 5.57 Å². The molecule has 0 aromatic carbocycles. The molecule has 0 radical (unpaired) electrons. The van der Waals surface area contributed by atoms with Crippen molar-refractivity contribution in [2.75, 3.05) is 0 Å². The zero-order valence-corrected chi connectivity index (χ0v) is 8.86. The molecule has 0 heteroatoms. The molecule has 0 spiro atoms. The van der Waals surface area contributed by atoms with E-state index in [1.165, 1.54) is 0 Å². The number of rotatable bonds is 2. The smallest absolute Gasteiger partial charge is 0.0170 e. The lowest BCUT2D eigenvalue weighted by Gasteiger charge is -2.26. The standard InChI is InChI=1S/C11H22/c1-7-8-10(9(2)3)11(4,5)6/h8-9H,7H2,1-6H3/b10-8+. The van der Waals surface area contributed by atoms with Crippen molar-refractivity contribution in [2.45, 2.75) is 48.0 Å². The molecule has 0 aliphatic rings. The third kappa shape index (κ3) is 3.60. The van der Waals surface area contributed by atoms with Gasteiger partial charge in [0.25, 0.3) is 0 Å². The first-order valence-corrected chi connectivity index (χ1v) is 4.60. The number of allylic oxidation sites excluding steroid dienone is 2. The molecule has 0 aliphatic carbocycles. The molecular weight excluding hydrogens is 132 g/mol. The zero-order chi connectivity index (χ0) is 9.07. The molecule has 0 N–H and O–H groups in total. The SMILES string of the molecule is CC/C=C(\C(C)C)C(C)(C)C. The molecule has 0 saturated carbocycles. The Labute approximate surface area is 71.7 Å². The fourth-order valence-corrected chi connectivity index (χ4v) is 1.63. The van der Waals surface area contributed by atoms with Crippen molar-refractivity contribution in [2.24, 2.45) is 11.3 Å². The summed E-state index contributed by atoms with van der Waals surface area (Å²) in [6.07, 6.45) is 3.52. The predicted molar refractivity (Wildman–Crippen MR) is 52.7 cm³/mol. The van der Waals surface area contributed by atoms with E-state index in [4.69, 9.17) is 0 Å². The van der Waals surface area contributed by atoms with Crippen LogP contribution < -0.4 is 0 Å². The van der Waals surface area contributed by atoms with Crippen LogP contribution in [0.5, 0.6) is 0 Å². The molecular formula is C11H22. The van der Waals surface area contributed by atoms with Gasteiger partial charge in [0, 0.05) is 0 Å². The quantitative estimate of drug-likeness (QED) is 0.527. The average Bonchev–Trinajstić information content (AvgIpc) is 1.79. The van der Waals surface area contributed by atoms with Crippen molar-refractivity contribution in [3.8, 4) is 0 Å². The van der Waals surface area contributed by atoms with Crippen LogP contribution in [0, 0.1) is 11.3 Å². The van der Waals surface area contributed by atoms with Crippen LogP contribution in [0.4, 0.5) is 0 Å². The number of hydrogen-bond donors (Lipinski definition) is 0. The highest BCUT2D eigenvalue weighted by Gasteiger charge is 2.18. The maximum absolute atomic E-state index is 2.37. The predicted octanol–water partition coefficient (Wildman–Crippen LogP) is 4.02. The highest BCUT2D eigenvalue weighted by atomic mass is 14.2. The van der Waals surface area contributed by atoms with E-state index in [2.05, 4.69) is 47.6 Å². The van der Waals surface area contributed by atoms with Gasteiger partial charge in [0.15, 0.2) is 0 Å². The van der Waals surface area contributed by atoms with E-state index in [-0.39, 0.29) is 0 Å². The minimum atomic E-state index is 0.351. The van der Waals surface area contributed by atoms with Crippen LogP contribution >= 0.6 is 0 Å². The summed E-state index contributed by atoms with van der Waals surface area (Å²) < 4.78 is 0. The first-order valence-electron chi connectivity index (χ1n) is 4.60. The van der Waals surface area contributed by atoms with E-state index in [0.717, 1.165) is 6.42 Å². The van der Waals surface area contributed by atoms with Crippen LogP contribution in [0.25, 0.3) is 0 Å². The summed E-state index contributed by atoms with van der Waals surface area (Å²) in [4.78, 5) is 0. The Balaban J connectivity index is 4.49. The van der Waals surface area contributed by atoms with Crippen molar-refractivity contribution in [1.29, 1.82) is 0 Å². The molecule has 0 atom stereocenters. The van der Waals surface area contributed by atoms with E-state index >= 15 is 0 Å². The summed E-state index contributed by atoms with van der Waals surface area (Å²) in [6.45, 7) is 13.6. The molecule has 0 heterocycles. The fraction of sp³-hybridized carbons (Fsp3) is 0.818. The van der Waals surface area contributed by atoms with Gasteiger partial charge in [0.2, 0.25) is 0 Å². The van der Waals surface area contributed by atoms with Crippen LogP contribution in [0.1, 0.15) is 48.0 Å². The molecule has 0 nitrogen and oxygen atoms in total. The van der Waals surface area contributed by atoms with E-state index in [9.17, 15) is 0 Å². The second-order valence-corrected chi connectivity index (χ2v) is 4.47. The van der Waals surface area contributed by atoms with Gasteiger partial charge in [-0.25, -0.2) is 0 Å². The molecule has 0 unspecified atom stereocenters. The minimum Gasteiger partial charge on any atom is -0.0848 e. The van der Waals surface area contributed by atoms with Crippen LogP contribution in [-0.4, -0.2) is 0 Å². The van der Waals surface area contributed by atoms with Crippen molar-refractivity contribution in [1.82, 2.24) is 0 Å². The summed E-state index contributed by atoms with van der Waals surface area (Å²) in [5, 5.41) is 0. The summed E-state index contributed by atoms with van der Waals surface area (Å²) in [5.74, 6) is 0.690. The lowest BCUT2D eigenvalue weighted by atomic mass is 9.79. The van der Waals surface area contributed by atoms with Crippen LogP contribution in [-0.2, 0) is 0 Å². The molecule has 0 aromatic heterocycles. The van der Waals surface area contributed by atoms with Gasteiger partial charge in [-0.05, 0) is 17.8 Å². The Bertz CT molecular complexity index is 133. The van der Waals surface area contributed by atoms with Gasteiger partial charge in [0.05, 0.1) is 0 Å². The van der Waals surface area contributed by atoms with Gasteiger partial charge in [0.1, 0.15) is 0 Å². The molecule has 0 bridgehead atoms. The summed E-state index contributed by atoms with van der Waals surface area (Å²) >= 11 is 0. The zero-order valence-electron chi connectivity index (χ0n) is 8.86. The van der Waals surface area contributed by atoms with Crippen molar-refractivity contribution >= 4 is 0 Å². The van der Waals surface area contributed by atoms with E-state index in [1.807, 2.05) is 0 Å². The first kappa shape index (κ1) is 10.7. The highest BCUT2D eigenvalue weighted by molar-refractivity contribution is 5.12. The second-order valence-electron chi connectivity index (χ2n) is 4.47. The Morgan fingerprint density at radius 3 is 1.82 bits per heavy atom. The first-order chi connectivity index (χ1) is 4.89. The van der Waals surface area contributed by atoms with Gasteiger partial charge in [-0.3, -0.25) is 0 Å². The normalized spacial score (nSPS) is 14.3. The molecule has 0 amide bonds. The maximum Gasteiger partial charge on any atom is -0.0170 e. The van der Waals surface area contributed by atoms with Crippen molar-refractivity contribution < 1.29 is 0 Å². The number of hydrogen-bond acceptors (Lipinski definition) is 0. The minimum absolute atomic E-state index is 0.351. The van der Waals surface area contributed by atoms with Crippen molar-refractivity contribution in [3.05, 3.63) is 11.6 Å². The topological polar surface area (TPSA) is 0 Å².